The number of thiophene rings is 1. The number of rotatable bonds is 6. The highest BCUT2D eigenvalue weighted by Crippen LogP contribution is 2.35. The predicted molar refractivity (Wildman–Crippen MR) is 102 cm³/mol. The van der Waals surface area contributed by atoms with Gasteiger partial charge in [0, 0.05) is 28.6 Å². The van der Waals surface area contributed by atoms with Gasteiger partial charge in [-0.25, -0.2) is 9.67 Å². The van der Waals surface area contributed by atoms with E-state index in [0.29, 0.717) is 12.5 Å². The third-order valence-corrected chi connectivity index (χ3v) is 4.96. The smallest absolute Gasteiger partial charge is 0.269 e. The molecule has 0 unspecified atom stereocenters. The number of benzene rings is 1. The number of hydrogen-bond acceptors (Lipinski definition) is 6. The summed E-state index contributed by atoms with van der Waals surface area (Å²) in [7, 11) is 0. The topological polar surface area (TPSA) is 85.9 Å². The van der Waals surface area contributed by atoms with Crippen LogP contribution in [0.3, 0.4) is 0 Å². The van der Waals surface area contributed by atoms with Crippen molar-refractivity contribution < 1.29 is 4.92 Å². The number of non-ortho nitro benzene ring substituents is 1. The van der Waals surface area contributed by atoms with Crippen LogP contribution >= 0.6 is 11.3 Å². The van der Waals surface area contributed by atoms with Crippen LogP contribution in [0.4, 0.5) is 5.69 Å². The predicted octanol–water partition coefficient (Wildman–Crippen LogP) is 4.25. The first kappa shape index (κ1) is 18.2. The molecule has 0 spiro atoms. The fourth-order valence-electron chi connectivity index (χ4n) is 2.71. The third kappa shape index (κ3) is 4.14. The number of hydrogen-bond donors (Lipinski definition) is 1. The van der Waals surface area contributed by atoms with Crippen molar-refractivity contribution in [2.75, 3.05) is 0 Å². The summed E-state index contributed by atoms with van der Waals surface area (Å²) in [5.41, 5.74) is 0.867. The van der Waals surface area contributed by atoms with E-state index in [2.05, 4.69) is 53.7 Å². The van der Waals surface area contributed by atoms with E-state index in [-0.39, 0.29) is 17.1 Å². The summed E-state index contributed by atoms with van der Waals surface area (Å²) in [5, 5.41) is 20.8. The molecule has 3 aromatic rings. The number of aromatic nitrogens is 3. The van der Waals surface area contributed by atoms with E-state index in [1.165, 1.54) is 17.0 Å². The first-order valence-corrected chi connectivity index (χ1v) is 9.13. The maximum Gasteiger partial charge on any atom is 0.269 e. The molecule has 2 aromatic heterocycles. The SMILES string of the molecule is CC(C)(C)[C@H](NCn1cnc(-c2ccc([N+](=O)[O-])cc2)n1)c1cccs1. The number of nitrogens with one attached hydrogen (secondary N) is 1. The van der Waals surface area contributed by atoms with E-state index >= 15 is 0 Å². The summed E-state index contributed by atoms with van der Waals surface area (Å²) in [6, 6.07) is 10.6. The Hall–Kier alpha value is -2.58. The summed E-state index contributed by atoms with van der Waals surface area (Å²) in [6.45, 7) is 7.13. The van der Waals surface area contributed by atoms with E-state index < -0.39 is 4.92 Å². The number of nitrogens with zero attached hydrogens (tertiary/aromatic N) is 4. The van der Waals surface area contributed by atoms with Gasteiger partial charge in [0.05, 0.1) is 11.6 Å². The lowest BCUT2D eigenvalue weighted by atomic mass is 9.86. The van der Waals surface area contributed by atoms with Gasteiger partial charge in [-0.05, 0) is 29.0 Å². The summed E-state index contributed by atoms with van der Waals surface area (Å²) in [5.74, 6) is 0.546. The molecular formula is C18H21N5O2S. The molecular weight excluding hydrogens is 350 g/mol. The molecule has 2 heterocycles. The Balaban J connectivity index is 1.71. The summed E-state index contributed by atoms with van der Waals surface area (Å²) in [4.78, 5) is 15.9. The second-order valence-electron chi connectivity index (χ2n) is 7.09. The minimum absolute atomic E-state index is 0.0545. The van der Waals surface area contributed by atoms with Gasteiger partial charge in [-0.3, -0.25) is 15.4 Å². The molecule has 0 aliphatic carbocycles. The van der Waals surface area contributed by atoms with E-state index in [4.69, 9.17) is 0 Å². The molecule has 26 heavy (non-hydrogen) atoms. The van der Waals surface area contributed by atoms with Crippen molar-refractivity contribution in [3.8, 4) is 11.4 Å². The molecule has 0 aliphatic rings. The van der Waals surface area contributed by atoms with E-state index in [1.807, 2.05) is 0 Å². The van der Waals surface area contributed by atoms with Gasteiger partial charge in [0.25, 0.3) is 5.69 Å². The fourth-order valence-corrected chi connectivity index (χ4v) is 3.75. The van der Waals surface area contributed by atoms with Crippen LogP contribution in [-0.4, -0.2) is 19.7 Å². The Labute approximate surface area is 155 Å². The lowest BCUT2D eigenvalue weighted by molar-refractivity contribution is -0.384. The molecule has 136 valence electrons. The molecule has 0 amide bonds. The Bertz CT molecular complexity index is 866. The van der Waals surface area contributed by atoms with Crippen LogP contribution in [0.15, 0.2) is 48.1 Å². The highest BCUT2D eigenvalue weighted by Gasteiger charge is 2.26. The fraction of sp³-hybridized carbons (Fsp3) is 0.333. The first-order valence-electron chi connectivity index (χ1n) is 8.25. The summed E-state index contributed by atoms with van der Waals surface area (Å²) < 4.78 is 1.74. The van der Waals surface area contributed by atoms with Crippen molar-refractivity contribution in [3.63, 3.8) is 0 Å². The van der Waals surface area contributed by atoms with Crippen molar-refractivity contribution >= 4 is 17.0 Å². The van der Waals surface area contributed by atoms with Gasteiger partial charge in [0.1, 0.15) is 6.33 Å². The van der Waals surface area contributed by atoms with Crippen LogP contribution < -0.4 is 5.32 Å². The van der Waals surface area contributed by atoms with Crippen LogP contribution in [0.1, 0.15) is 31.7 Å². The highest BCUT2D eigenvalue weighted by atomic mass is 32.1. The lowest BCUT2D eigenvalue weighted by Gasteiger charge is -2.30. The number of nitro benzene ring substituents is 1. The molecule has 1 aromatic carbocycles. The highest BCUT2D eigenvalue weighted by molar-refractivity contribution is 7.10. The minimum Gasteiger partial charge on any atom is -0.290 e. The normalized spacial score (nSPS) is 12.9. The van der Waals surface area contributed by atoms with Crippen LogP contribution in [0.25, 0.3) is 11.4 Å². The van der Waals surface area contributed by atoms with Crippen LogP contribution in [0.2, 0.25) is 0 Å². The van der Waals surface area contributed by atoms with Gasteiger partial charge >= 0.3 is 0 Å². The van der Waals surface area contributed by atoms with Crippen LogP contribution in [0.5, 0.6) is 0 Å². The van der Waals surface area contributed by atoms with Crippen LogP contribution in [0, 0.1) is 15.5 Å². The molecule has 7 nitrogen and oxygen atoms in total. The minimum atomic E-state index is -0.420. The van der Waals surface area contributed by atoms with Gasteiger partial charge in [-0.15, -0.1) is 16.4 Å². The summed E-state index contributed by atoms with van der Waals surface area (Å²) in [6.07, 6.45) is 1.66. The Kier molecular flexibility index (Phi) is 5.15. The van der Waals surface area contributed by atoms with Crippen molar-refractivity contribution in [1.29, 1.82) is 0 Å². The maximum atomic E-state index is 10.7. The van der Waals surface area contributed by atoms with Gasteiger partial charge in [0.15, 0.2) is 5.82 Å². The van der Waals surface area contributed by atoms with E-state index in [0.717, 1.165) is 5.56 Å². The molecule has 0 aliphatic heterocycles. The zero-order valence-corrected chi connectivity index (χ0v) is 15.7. The van der Waals surface area contributed by atoms with Gasteiger partial charge in [-0.1, -0.05) is 26.8 Å². The van der Waals surface area contributed by atoms with E-state index in [1.54, 1.807) is 34.5 Å². The zero-order valence-electron chi connectivity index (χ0n) is 14.9. The maximum absolute atomic E-state index is 10.7. The standard InChI is InChI=1S/C18H21N5O2S/c1-18(2,3)16(15-5-4-10-26-15)19-11-22-12-20-17(21-22)13-6-8-14(9-7-13)23(24)25/h4-10,12,16,19H,11H2,1-3H3/t16-/m1/s1. The average molecular weight is 371 g/mol. The molecule has 3 rings (SSSR count). The molecule has 0 saturated carbocycles. The van der Waals surface area contributed by atoms with Crippen molar-refractivity contribution in [2.45, 2.75) is 33.5 Å². The average Bonchev–Trinajstić information content (AvgIpc) is 3.26. The molecule has 0 saturated heterocycles. The van der Waals surface area contributed by atoms with Gasteiger partial charge in [-0.2, -0.15) is 0 Å². The summed E-state index contributed by atoms with van der Waals surface area (Å²) >= 11 is 1.74. The molecule has 1 atom stereocenters. The molecule has 8 heteroatoms. The molecule has 0 fully saturated rings. The van der Waals surface area contributed by atoms with Gasteiger partial charge < -0.3 is 0 Å². The molecule has 0 radical (unpaired) electrons. The Morgan fingerprint density at radius 2 is 2.00 bits per heavy atom. The van der Waals surface area contributed by atoms with Crippen molar-refractivity contribution in [2.24, 2.45) is 5.41 Å². The van der Waals surface area contributed by atoms with E-state index in [9.17, 15) is 10.1 Å². The Morgan fingerprint density at radius 1 is 1.27 bits per heavy atom. The van der Waals surface area contributed by atoms with Crippen molar-refractivity contribution in [1.82, 2.24) is 20.1 Å². The second kappa shape index (κ2) is 7.35. The third-order valence-electron chi connectivity index (χ3n) is 4.02. The second-order valence-corrected chi connectivity index (χ2v) is 8.07. The Morgan fingerprint density at radius 3 is 2.58 bits per heavy atom. The van der Waals surface area contributed by atoms with Gasteiger partial charge in [0.2, 0.25) is 0 Å². The first-order chi connectivity index (χ1) is 12.3. The largest absolute Gasteiger partial charge is 0.290 e. The van der Waals surface area contributed by atoms with Crippen molar-refractivity contribution in [3.05, 3.63) is 63.1 Å². The quantitative estimate of drug-likeness (QED) is 0.517. The molecule has 1 N–H and O–H groups in total. The van der Waals surface area contributed by atoms with Crippen LogP contribution in [-0.2, 0) is 6.67 Å². The lowest BCUT2D eigenvalue weighted by Crippen LogP contribution is -2.33. The number of nitro groups is 1. The monoisotopic (exact) mass is 371 g/mol. The zero-order chi connectivity index (χ0) is 18.7. The molecule has 0 bridgehead atoms.